The smallest absolute Gasteiger partial charge is 0.331 e. The number of hydrogen-bond donors (Lipinski definition) is 3. The Bertz CT molecular complexity index is 410. The molecule has 0 spiro atoms. The first-order valence-corrected chi connectivity index (χ1v) is 4.66. The van der Waals surface area contributed by atoms with Crippen molar-refractivity contribution in [3.63, 3.8) is 0 Å². The Morgan fingerprint density at radius 3 is 2.71 bits per heavy atom. The number of nitro groups is 1. The molecule has 0 saturated heterocycles. The molecule has 0 aliphatic carbocycles. The molecule has 8 nitrogen and oxygen atoms in total. The molecule has 3 N–H and O–H groups in total. The monoisotopic (exact) mass is 244 g/mol. The lowest BCUT2D eigenvalue weighted by Crippen LogP contribution is -2.22. The first-order chi connectivity index (χ1) is 8.01. The lowest BCUT2D eigenvalue weighted by Gasteiger charge is -2.15. The summed E-state index contributed by atoms with van der Waals surface area (Å²) in [7, 11) is 1.23. The summed E-state index contributed by atoms with van der Waals surface area (Å²) in [5.74, 6) is -0.190. The quantitative estimate of drug-likeness (QED) is 0.465. The minimum atomic E-state index is -1.45. The van der Waals surface area contributed by atoms with Crippen molar-refractivity contribution in [2.45, 2.75) is 12.2 Å². The number of ether oxygens (including phenoxy) is 1. The number of nitrogens with zero attached hydrogens (tertiary/aromatic N) is 2. The van der Waals surface area contributed by atoms with Crippen LogP contribution in [0.2, 0.25) is 0 Å². The molecule has 8 heteroatoms. The second kappa shape index (κ2) is 5.53. The molecule has 1 heterocycles. The molecule has 0 aliphatic heterocycles. The Labute approximate surface area is 96.3 Å². The summed E-state index contributed by atoms with van der Waals surface area (Å²) < 4.78 is 4.68. The minimum absolute atomic E-state index is 0.0269. The van der Waals surface area contributed by atoms with Gasteiger partial charge in [-0.1, -0.05) is 0 Å². The average molecular weight is 244 g/mol. The van der Waals surface area contributed by atoms with Gasteiger partial charge in [0.2, 0.25) is 0 Å². The molecule has 0 radical (unpaired) electrons. The van der Waals surface area contributed by atoms with Crippen LogP contribution in [-0.2, 0) is 0 Å². The molecule has 1 rings (SSSR count). The SMILES string of the molecule is COc1ncc(C(O)C(O)CO)cc1[N+](=O)[O-]. The molecule has 0 fully saturated rings. The van der Waals surface area contributed by atoms with Gasteiger partial charge in [0.05, 0.1) is 18.6 Å². The van der Waals surface area contributed by atoms with Gasteiger partial charge in [0, 0.05) is 17.8 Å². The molecule has 0 bridgehead atoms. The Balaban J connectivity index is 3.12. The summed E-state index contributed by atoms with van der Waals surface area (Å²) in [6, 6.07) is 1.04. The average Bonchev–Trinajstić information content (AvgIpc) is 2.35. The zero-order valence-corrected chi connectivity index (χ0v) is 8.98. The van der Waals surface area contributed by atoms with Crippen LogP contribution in [0.3, 0.4) is 0 Å². The molecular formula is C9H12N2O6. The van der Waals surface area contributed by atoms with E-state index in [1.54, 1.807) is 0 Å². The highest BCUT2D eigenvalue weighted by atomic mass is 16.6. The van der Waals surface area contributed by atoms with Crippen LogP contribution in [0.15, 0.2) is 12.3 Å². The summed E-state index contributed by atoms with van der Waals surface area (Å²) >= 11 is 0. The standard InChI is InChI=1S/C9H12N2O6/c1-17-9-6(11(15)16)2-5(3-10-9)8(14)7(13)4-12/h2-3,7-8,12-14H,4H2,1H3. The van der Waals surface area contributed by atoms with Crippen molar-refractivity contribution in [1.82, 2.24) is 4.98 Å². The molecule has 0 amide bonds. The zero-order chi connectivity index (χ0) is 13.0. The molecule has 94 valence electrons. The first kappa shape index (κ1) is 13.3. The highest BCUT2D eigenvalue weighted by Crippen LogP contribution is 2.28. The van der Waals surface area contributed by atoms with E-state index in [9.17, 15) is 20.3 Å². The van der Waals surface area contributed by atoms with Crippen molar-refractivity contribution in [2.24, 2.45) is 0 Å². The van der Waals surface area contributed by atoms with Gasteiger partial charge in [-0.05, 0) is 0 Å². The van der Waals surface area contributed by atoms with E-state index >= 15 is 0 Å². The van der Waals surface area contributed by atoms with Gasteiger partial charge in [-0.15, -0.1) is 0 Å². The second-order valence-electron chi connectivity index (χ2n) is 3.25. The van der Waals surface area contributed by atoms with Gasteiger partial charge < -0.3 is 20.1 Å². The van der Waals surface area contributed by atoms with Gasteiger partial charge in [-0.3, -0.25) is 10.1 Å². The summed E-state index contributed by atoms with van der Waals surface area (Å²) in [6.07, 6.45) is -1.74. The van der Waals surface area contributed by atoms with Crippen LogP contribution in [0.25, 0.3) is 0 Å². The summed E-state index contributed by atoms with van der Waals surface area (Å²) in [5, 5.41) is 38.1. The molecule has 2 atom stereocenters. The van der Waals surface area contributed by atoms with Crippen molar-refractivity contribution < 1.29 is 25.0 Å². The van der Waals surface area contributed by atoms with E-state index in [1.807, 2.05) is 0 Å². The number of aromatic nitrogens is 1. The van der Waals surface area contributed by atoms with Crippen molar-refractivity contribution in [2.75, 3.05) is 13.7 Å². The predicted molar refractivity (Wildman–Crippen MR) is 55.5 cm³/mol. The topological polar surface area (TPSA) is 126 Å². The lowest BCUT2D eigenvalue weighted by molar-refractivity contribution is -0.386. The summed E-state index contributed by atoms with van der Waals surface area (Å²) in [5.41, 5.74) is -0.395. The van der Waals surface area contributed by atoms with Crippen LogP contribution < -0.4 is 4.74 Å². The van der Waals surface area contributed by atoms with E-state index in [4.69, 9.17) is 5.11 Å². The molecule has 1 aromatic rings. The number of pyridine rings is 1. The van der Waals surface area contributed by atoms with E-state index in [-0.39, 0.29) is 11.4 Å². The fourth-order valence-corrected chi connectivity index (χ4v) is 1.23. The fourth-order valence-electron chi connectivity index (χ4n) is 1.23. The van der Waals surface area contributed by atoms with Crippen molar-refractivity contribution in [3.05, 3.63) is 27.9 Å². The van der Waals surface area contributed by atoms with Crippen LogP contribution in [0, 0.1) is 10.1 Å². The number of aliphatic hydroxyl groups is 3. The molecule has 2 unspecified atom stereocenters. The van der Waals surface area contributed by atoms with E-state index in [1.165, 1.54) is 7.11 Å². The van der Waals surface area contributed by atoms with Gasteiger partial charge in [-0.2, -0.15) is 0 Å². The summed E-state index contributed by atoms with van der Waals surface area (Å²) in [4.78, 5) is 13.6. The highest BCUT2D eigenvalue weighted by Gasteiger charge is 2.23. The maximum atomic E-state index is 10.7. The second-order valence-corrected chi connectivity index (χ2v) is 3.25. The molecule has 0 aliphatic rings. The third-order valence-electron chi connectivity index (χ3n) is 2.14. The van der Waals surface area contributed by atoms with Crippen molar-refractivity contribution in [3.8, 4) is 5.88 Å². The van der Waals surface area contributed by atoms with E-state index in [0.29, 0.717) is 0 Å². The Hall–Kier alpha value is -1.77. The van der Waals surface area contributed by atoms with Gasteiger partial charge >= 0.3 is 5.69 Å². The third-order valence-corrected chi connectivity index (χ3v) is 2.14. The molecule has 17 heavy (non-hydrogen) atoms. The Morgan fingerprint density at radius 1 is 1.59 bits per heavy atom. The number of aliphatic hydroxyl groups excluding tert-OH is 3. The van der Waals surface area contributed by atoms with Gasteiger partial charge in [-0.25, -0.2) is 4.98 Å². The maximum absolute atomic E-state index is 10.7. The molecule has 0 aromatic carbocycles. The largest absolute Gasteiger partial charge is 0.476 e. The van der Waals surface area contributed by atoms with Crippen LogP contribution in [-0.4, -0.2) is 45.0 Å². The van der Waals surface area contributed by atoms with E-state index in [2.05, 4.69) is 9.72 Å². The van der Waals surface area contributed by atoms with E-state index in [0.717, 1.165) is 12.3 Å². The van der Waals surface area contributed by atoms with Gasteiger partial charge in [0.25, 0.3) is 5.88 Å². The van der Waals surface area contributed by atoms with Crippen LogP contribution in [0.4, 0.5) is 5.69 Å². The van der Waals surface area contributed by atoms with Crippen LogP contribution in [0.1, 0.15) is 11.7 Å². The zero-order valence-electron chi connectivity index (χ0n) is 8.98. The number of hydrogen-bond acceptors (Lipinski definition) is 7. The van der Waals surface area contributed by atoms with E-state index < -0.39 is 29.4 Å². The normalized spacial score (nSPS) is 14.1. The van der Waals surface area contributed by atoms with Gasteiger partial charge in [0.15, 0.2) is 0 Å². The number of methoxy groups -OCH3 is 1. The van der Waals surface area contributed by atoms with Crippen molar-refractivity contribution >= 4 is 5.69 Å². The third kappa shape index (κ3) is 2.87. The maximum Gasteiger partial charge on any atom is 0.331 e. The predicted octanol–water partition coefficient (Wildman–Crippen LogP) is -0.615. The summed E-state index contributed by atoms with van der Waals surface area (Å²) in [6.45, 7) is -0.666. The Morgan fingerprint density at radius 2 is 2.24 bits per heavy atom. The number of rotatable bonds is 5. The molecule has 0 saturated carbocycles. The minimum Gasteiger partial charge on any atom is -0.476 e. The van der Waals surface area contributed by atoms with Crippen LogP contribution in [0.5, 0.6) is 5.88 Å². The lowest BCUT2D eigenvalue weighted by atomic mass is 10.1. The molecule has 1 aromatic heterocycles. The van der Waals surface area contributed by atoms with Gasteiger partial charge in [0.1, 0.15) is 12.2 Å². The van der Waals surface area contributed by atoms with Crippen molar-refractivity contribution in [1.29, 1.82) is 0 Å². The Kier molecular flexibility index (Phi) is 4.32. The first-order valence-electron chi connectivity index (χ1n) is 4.66. The molecular weight excluding hydrogens is 232 g/mol. The van der Waals surface area contributed by atoms with Crippen LogP contribution >= 0.6 is 0 Å². The highest BCUT2D eigenvalue weighted by molar-refractivity contribution is 5.43. The fraction of sp³-hybridized carbons (Fsp3) is 0.444.